The van der Waals surface area contributed by atoms with E-state index in [1.165, 1.54) is 0 Å². The van der Waals surface area contributed by atoms with E-state index in [4.69, 9.17) is 0 Å². The van der Waals surface area contributed by atoms with Gasteiger partial charge in [0.1, 0.15) is 12.3 Å². The summed E-state index contributed by atoms with van der Waals surface area (Å²) in [5, 5.41) is 6.00. The van der Waals surface area contributed by atoms with E-state index >= 15 is 0 Å². The quantitative estimate of drug-likeness (QED) is 0.537. The van der Waals surface area contributed by atoms with Crippen molar-refractivity contribution in [3.8, 4) is 0 Å². The molecule has 4 atom stereocenters. The van der Waals surface area contributed by atoms with E-state index in [2.05, 4.69) is 10.6 Å². The summed E-state index contributed by atoms with van der Waals surface area (Å²) in [6.07, 6.45) is -1.47. The Hall–Kier alpha value is -0.220. The summed E-state index contributed by atoms with van der Waals surface area (Å²) in [6.45, 7) is 0.614. The molecule has 11 heavy (non-hydrogen) atoms. The summed E-state index contributed by atoms with van der Waals surface area (Å²) >= 11 is 0. The summed E-state index contributed by atoms with van der Waals surface area (Å²) in [4.78, 5) is 0. The highest BCUT2D eigenvalue weighted by molar-refractivity contribution is 4.99. The van der Waals surface area contributed by atoms with Gasteiger partial charge in [-0.2, -0.15) is 0 Å². The SMILES string of the molecule is FC1CCC2NCNC2C1F. The van der Waals surface area contributed by atoms with Gasteiger partial charge in [0.15, 0.2) is 0 Å². The van der Waals surface area contributed by atoms with E-state index in [-0.39, 0.29) is 12.1 Å². The maximum Gasteiger partial charge on any atom is 0.148 e. The largest absolute Gasteiger partial charge is 0.300 e. The lowest BCUT2D eigenvalue weighted by molar-refractivity contribution is 0.0861. The Morgan fingerprint density at radius 3 is 2.73 bits per heavy atom. The molecule has 64 valence electrons. The number of hydrogen-bond acceptors (Lipinski definition) is 2. The van der Waals surface area contributed by atoms with Gasteiger partial charge in [0.2, 0.25) is 0 Å². The lowest BCUT2D eigenvalue weighted by Crippen LogP contribution is -2.49. The number of hydrogen-bond donors (Lipinski definition) is 2. The molecule has 1 aliphatic heterocycles. The van der Waals surface area contributed by atoms with Gasteiger partial charge < -0.3 is 5.32 Å². The van der Waals surface area contributed by atoms with Gasteiger partial charge in [-0.15, -0.1) is 0 Å². The van der Waals surface area contributed by atoms with Crippen molar-refractivity contribution in [2.75, 3.05) is 6.67 Å². The molecule has 0 aromatic rings. The summed E-state index contributed by atoms with van der Waals surface area (Å²) in [5.41, 5.74) is 0. The number of rotatable bonds is 0. The molecular formula is C7H12F2N2. The maximum atomic E-state index is 13.1. The zero-order valence-corrected chi connectivity index (χ0v) is 6.19. The number of fused-ring (bicyclic) bond motifs is 1. The monoisotopic (exact) mass is 162 g/mol. The summed E-state index contributed by atoms with van der Waals surface area (Å²) in [7, 11) is 0. The van der Waals surface area contributed by atoms with Crippen LogP contribution in [-0.4, -0.2) is 31.1 Å². The Labute approximate surface area is 64.3 Å². The molecule has 2 aliphatic rings. The molecule has 1 saturated heterocycles. The van der Waals surface area contributed by atoms with Crippen LogP contribution < -0.4 is 10.6 Å². The van der Waals surface area contributed by atoms with Gasteiger partial charge in [-0.05, 0) is 12.8 Å². The topological polar surface area (TPSA) is 24.1 Å². The van der Waals surface area contributed by atoms with Crippen molar-refractivity contribution in [2.45, 2.75) is 37.3 Å². The molecule has 4 unspecified atom stereocenters. The van der Waals surface area contributed by atoms with Crippen molar-refractivity contribution in [3.63, 3.8) is 0 Å². The Bertz CT molecular complexity index is 153. The molecule has 0 aromatic heterocycles. The van der Waals surface area contributed by atoms with Crippen molar-refractivity contribution in [1.29, 1.82) is 0 Å². The fraction of sp³-hybridized carbons (Fsp3) is 1.00. The van der Waals surface area contributed by atoms with Crippen molar-refractivity contribution in [2.24, 2.45) is 0 Å². The minimum absolute atomic E-state index is 0.150. The Morgan fingerprint density at radius 1 is 1.09 bits per heavy atom. The summed E-state index contributed by atoms with van der Waals surface area (Å²) in [5.74, 6) is 0. The van der Waals surface area contributed by atoms with Crippen LogP contribution >= 0.6 is 0 Å². The summed E-state index contributed by atoms with van der Waals surface area (Å²) in [6, 6.07) is -0.143. The molecule has 1 saturated carbocycles. The van der Waals surface area contributed by atoms with Crippen LogP contribution in [0.4, 0.5) is 8.78 Å². The molecule has 2 rings (SSSR count). The highest BCUT2D eigenvalue weighted by Crippen LogP contribution is 2.26. The van der Waals surface area contributed by atoms with Crippen molar-refractivity contribution >= 4 is 0 Å². The maximum absolute atomic E-state index is 13.1. The first-order valence-corrected chi connectivity index (χ1v) is 4.04. The van der Waals surface area contributed by atoms with Crippen LogP contribution in [0.2, 0.25) is 0 Å². The zero-order valence-electron chi connectivity index (χ0n) is 6.19. The van der Waals surface area contributed by atoms with Crippen molar-refractivity contribution in [3.05, 3.63) is 0 Å². The minimum atomic E-state index is -1.32. The third-order valence-corrected chi connectivity index (χ3v) is 2.58. The fourth-order valence-corrected chi connectivity index (χ4v) is 1.92. The zero-order chi connectivity index (χ0) is 7.84. The molecule has 0 amide bonds. The Balaban J connectivity index is 2.06. The molecule has 2 fully saturated rings. The van der Waals surface area contributed by atoms with Gasteiger partial charge in [0.05, 0.1) is 6.04 Å². The minimum Gasteiger partial charge on any atom is -0.300 e. The molecule has 4 heteroatoms. The predicted molar refractivity (Wildman–Crippen MR) is 37.7 cm³/mol. The van der Waals surface area contributed by atoms with Gasteiger partial charge in [0, 0.05) is 12.7 Å². The van der Waals surface area contributed by atoms with Crippen LogP contribution in [0.25, 0.3) is 0 Å². The first-order valence-electron chi connectivity index (χ1n) is 4.04. The van der Waals surface area contributed by atoms with E-state index in [9.17, 15) is 8.78 Å². The second-order valence-corrected chi connectivity index (χ2v) is 3.26. The number of nitrogens with one attached hydrogen (secondary N) is 2. The van der Waals surface area contributed by atoms with Gasteiger partial charge in [-0.1, -0.05) is 0 Å². The molecule has 1 heterocycles. The second kappa shape index (κ2) is 2.68. The number of alkyl halides is 2. The second-order valence-electron chi connectivity index (χ2n) is 3.26. The van der Waals surface area contributed by atoms with Crippen LogP contribution in [0.1, 0.15) is 12.8 Å². The van der Waals surface area contributed by atoms with Crippen LogP contribution in [0.5, 0.6) is 0 Å². The number of halogens is 2. The van der Waals surface area contributed by atoms with Crippen LogP contribution in [-0.2, 0) is 0 Å². The Kier molecular flexibility index (Phi) is 1.81. The standard InChI is InChI=1S/C7H12F2N2/c8-4-1-2-5-7(6(4)9)11-3-10-5/h4-7,10-11H,1-3H2. The third kappa shape index (κ3) is 1.14. The van der Waals surface area contributed by atoms with Crippen LogP contribution in [0.15, 0.2) is 0 Å². The van der Waals surface area contributed by atoms with Crippen molar-refractivity contribution in [1.82, 2.24) is 10.6 Å². The highest BCUT2D eigenvalue weighted by Gasteiger charge is 2.42. The van der Waals surface area contributed by atoms with E-state index in [1.54, 1.807) is 0 Å². The molecule has 2 N–H and O–H groups in total. The highest BCUT2D eigenvalue weighted by atomic mass is 19.2. The van der Waals surface area contributed by atoms with Crippen molar-refractivity contribution < 1.29 is 8.78 Å². The third-order valence-electron chi connectivity index (χ3n) is 2.58. The fourth-order valence-electron chi connectivity index (χ4n) is 1.92. The lowest BCUT2D eigenvalue weighted by Gasteiger charge is -2.30. The average Bonchev–Trinajstić information content (AvgIpc) is 2.45. The van der Waals surface area contributed by atoms with Gasteiger partial charge >= 0.3 is 0 Å². The average molecular weight is 162 g/mol. The first kappa shape index (κ1) is 7.43. The Morgan fingerprint density at radius 2 is 1.91 bits per heavy atom. The molecule has 1 aliphatic carbocycles. The van der Waals surface area contributed by atoms with Gasteiger partial charge in [-0.3, -0.25) is 5.32 Å². The molecule has 0 aromatic carbocycles. The molecular weight excluding hydrogens is 150 g/mol. The van der Waals surface area contributed by atoms with E-state index in [1.807, 2.05) is 0 Å². The van der Waals surface area contributed by atoms with Gasteiger partial charge in [0.25, 0.3) is 0 Å². The molecule has 0 radical (unpaired) electrons. The lowest BCUT2D eigenvalue weighted by atomic mass is 9.89. The van der Waals surface area contributed by atoms with Crippen LogP contribution in [0, 0.1) is 0 Å². The van der Waals surface area contributed by atoms with E-state index in [0.717, 1.165) is 6.42 Å². The smallest absolute Gasteiger partial charge is 0.148 e. The molecule has 0 spiro atoms. The predicted octanol–water partition coefficient (Wildman–Crippen LogP) is 0.344. The normalized spacial score (nSPS) is 50.7. The van der Waals surface area contributed by atoms with E-state index < -0.39 is 12.3 Å². The first-order chi connectivity index (χ1) is 5.29. The molecule has 2 nitrogen and oxygen atoms in total. The van der Waals surface area contributed by atoms with Gasteiger partial charge in [-0.25, -0.2) is 8.78 Å². The van der Waals surface area contributed by atoms with E-state index in [0.29, 0.717) is 13.1 Å². The molecule has 0 bridgehead atoms. The summed E-state index contributed by atoms with van der Waals surface area (Å²) < 4.78 is 25.8. The van der Waals surface area contributed by atoms with Crippen LogP contribution in [0.3, 0.4) is 0 Å².